The normalized spacial score (nSPS) is 12.4. The molecule has 3 aromatic carbocycles. The summed E-state index contributed by atoms with van der Waals surface area (Å²) in [6.07, 6.45) is 2.04. The maximum atomic E-state index is 6.30. The lowest BCUT2D eigenvalue weighted by atomic mass is 10.0. The molecular formula is C28H25NO. The number of fused-ring (bicyclic) bond motifs is 1. The van der Waals surface area contributed by atoms with Crippen molar-refractivity contribution in [2.24, 2.45) is 4.99 Å². The molecule has 0 aliphatic carbocycles. The molecule has 0 atom stereocenters. The first-order valence-corrected chi connectivity index (χ1v) is 10.1. The zero-order chi connectivity index (χ0) is 21.1. The standard InChI is InChI=1S/C28H25NO/c1-5-25(22-11-7-6-8-12-22)29-27(23-17-15-21(16-18-23)19(2)3)28-20(4)24-13-9-10-14-26(24)30-28/h5-18H,2H2,1,3-4H3/b25-5-,29-27?. The van der Waals surface area contributed by atoms with E-state index >= 15 is 0 Å². The minimum atomic E-state index is 0.801. The van der Waals surface area contributed by atoms with Crippen LogP contribution in [0.15, 0.2) is 101 Å². The van der Waals surface area contributed by atoms with Crippen molar-refractivity contribution in [1.82, 2.24) is 0 Å². The minimum absolute atomic E-state index is 0.801. The number of nitrogens with zero attached hydrogens (tertiary/aromatic N) is 1. The molecule has 0 spiro atoms. The van der Waals surface area contributed by atoms with Gasteiger partial charge in [-0.15, -0.1) is 0 Å². The lowest BCUT2D eigenvalue weighted by Crippen LogP contribution is -2.05. The molecule has 0 saturated heterocycles. The van der Waals surface area contributed by atoms with Crippen molar-refractivity contribution in [3.63, 3.8) is 0 Å². The van der Waals surface area contributed by atoms with Crippen LogP contribution in [0.5, 0.6) is 0 Å². The van der Waals surface area contributed by atoms with E-state index in [1.165, 1.54) is 0 Å². The highest BCUT2D eigenvalue weighted by Crippen LogP contribution is 2.29. The summed E-state index contributed by atoms with van der Waals surface area (Å²) in [5.74, 6) is 0.801. The maximum Gasteiger partial charge on any atom is 0.157 e. The molecule has 0 saturated carbocycles. The average molecular weight is 392 g/mol. The second kappa shape index (κ2) is 8.38. The van der Waals surface area contributed by atoms with Crippen LogP contribution in [0.4, 0.5) is 0 Å². The number of hydrogen-bond acceptors (Lipinski definition) is 2. The molecule has 1 heterocycles. The Morgan fingerprint density at radius 2 is 1.47 bits per heavy atom. The molecule has 0 N–H and O–H groups in total. The molecule has 0 aliphatic rings. The summed E-state index contributed by atoms with van der Waals surface area (Å²) in [5.41, 5.74) is 7.95. The summed E-state index contributed by atoms with van der Waals surface area (Å²) in [6.45, 7) is 10.2. The molecular weight excluding hydrogens is 366 g/mol. The zero-order valence-electron chi connectivity index (χ0n) is 17.6. The predicted molar refractivity (Wildman–Crippen MR) is 128 cm³/mol. The Morgan fingerprint density at radius 1 is 0.833 bits per heavy atom. The number of para-hydroxylation sites is 1. The van der Waals surface area contributed by atoms with E-state index in [2.05, 4.69) is 56.0 Å². The fourth-order valence-corrected chi connectivity index (χ4v) is 3.58. The molecule has 30 heavy (non-hydrogen) atoms. The third-order valence-electron chi connectivity index (χ3n) is 5.29. The summed E-state index contributed by atoms with van der Waals surface area (Å²) in [4.78, 5) is 5.10. The SMILES string of the molecule is C=C(C)c1ccc(C(=N/C(=C\C)c2ccccc2)c2oc3ccccc3c2C)cc1. The Kier molecular flexibility index (Phi) is 5.49. The van der Waals surface area contributed by atoms with Crippen LogP contribution in [0.2, 0.25) is 0 Å². The van der Waals surface area contributed by atoms with Crippen molar-refractivity contribution in [1.29, 1.82) is 0 Å². The number of furan rings is 1. The molecule has 148 valence electrons. The van der Waals surface area contributed by atoms with Crippen LogP contribution in [0.3, 0.4) is 0 Å². The molecule has 1 aromatic heterocycles. The quantitative estimate of drug-likeness (QED) is 0.320. The van der Waals surface area contributed by atoms with Crippen molar-refractivity contribution in [2.75, 3.05) is 0 Å². The van der Waals surface area contributed by atoms with Gasteiger partial charge in [-0.2, -0.15) is 0 Å². The number of aryl methyl sites for hydroxylation is 1. The first kappa shape index (κ1) is 19.7. The van der Waals surface area contributed by atoms with Crippen molar-refractivity contribution in [3.05, 3.63) is 120 Å². The Hall–Kier alpha value is -3.65. The van der Waals surface area contributed by atoms with Gasteiger partial charge in [0.1, 0.15) is 11.3 Å². The van der Waals surface area contributed by atoms with Crippen LogP contribution in [-0.2, 0) is 0 Å². The summed E-state index contributed by atoms with van der Waals surface area (Å²) >= 11 is 0. The topological polar surface area (TPSA) is 25.5 Å². The van der Waals surface area contributed by atoms with Crippen LogP contribution in [0.1, 0.15) is 41.9 Å². The van der Waals surface area contributed by atoms with Gasteiger partial charge in [0, 0.05) is 16.5 Å². The fraction of sp³-hybridized carbons (Fsp3) is 0.107. The molecule has 2 heteroatoms. The van der Waals surface area contributed by atoms with Crippen molar-refractivity contribution in [3.8, 4) is 0 Å². The predicted octanol–water partition coefficient (Wildman–Crippen LogP) is 7.67. The van der Waals surface area contributed by atoms with E-state index in [1.807, 2.05) is 56.3 Å². The van der Waals surface area contributed by atoms with E-state index in [-0.39, 0.29) is 0 Å². The minimum Gasteiger partial charge on any atom is -0.454 e. The van der Waals surface area contributed by atoms with Gasteiger partial charge in [-0.25, -0.2) is 4.99 Å². The van der Waals surface area contributed by atoms with Gasteiger partial charge in [0.15, 0.2) is 5.76 Å². The third-order valence-corrected chi connectivity index (χ3v) is 5.29. The summed E-state index contributed by atoms with van der Waals surface area (Å²) in [6, 6.07) is 26.7. The lowest BCUT2D eigenvalue weighted by Gasteiger charge is -2.10. The summed E-state index contributed by atoms with van der Waals surface area (Å²) < 4.78 is 6.30. The monoisotopic (exact) mass is 391 g/mol. The molecule has 0 aliphatic heterocycles. The Morgan fingerprint density at radius 3 is 2.10 bits per heavy atom. The van der Waals surface area contributed by atoms with Gasteiger partial charge in [0.25, 0.3) is 0 Å². The first-order valence-electron chi connectivity index (χ1n) is 10.1. The fourth-order valence-electron chi connectivity index (χ4n) is 3.58. The summed E-state index contributed by atoms with van der Waals surface area (Å²) in [7, 11) is 0. The van der Waals surface area contributed by atoms with Gasteiger partial charge in [0.05, 0.1) is 5.70 Å². The van der Waals surface area contributed by atoms with Gasteiger partial charge >= 0.3 is 0 Å². The van der Waals surface area contributed by atoms with E-state index in [4.69, 9.17) is 9.41 Å². The molecule has 2 nitrogen and oxygen atoms in total. The van der Waals surface area contributed by atoms with Crippen LogP contribution < -0.4 is 0 Å². The number of allylic oxidation sites excluding steroid dienone is 2. The molecule has 0 radical (unpaired) electrons. The van der Waals surface area contributed by atoms with E-state index in [0.717, 1.165) is 56.0 Å². The largest absolute Gasteiger partial charge is 0.454 e. The van der Waals surface area contributed by atoms with Gasteiger partial charge in [-0.1, -0.05) is 91.0 Å². The number of rotatable bonds is 5. The second-order valence-corrected chi connectivity index (χ2v) is 7.41. The highest BCUT2D eigenvalue weighted by Gasteiger charge is 2.18. The van der Waals surface area contributed by atoms with E-state index in [0.29, 0.717) is 0 Å². The number of aliphatic imine (C=N–C) groups is 1. The highest BCUT2D eigenvalue weighted by atomic mass is 16.3. The molecule has 0 unspecified atom stereocenters. The van der Waals surface area contributed by atoms with Crippen molar-refractivity contribution in [2.45, 2.75) is 20.8 Å². The Bertz CT molecular complexity index is 1260. The van der Waals surface area contributed by atoms with E-state index < -0.39 is 0 Å². The van der Waals surface area contributed by atoms with Gasteiger partial charge in [0.2, 0.25) is 0 Å². The smallest absolute Gasteiger partial charge is 0.157 e. The summed E-state index contributed by atoms with van der Waals surface area (Å²) in [5, 5.41) is 1.11. The van der Waals surface area contributed by atoms with Gasteiger partial charge in [-0.05, 0) is 38.0 Å². The maximum absolute atomic E-state index is 6.30. The number of benzene rings is 3. The molecule has 0 amide bonds. The van der Waals surface area contributed by atoms with Crippen molar-refractivity contribution < 1.29 is 4.42 Å². The number of hydrogen-bond donors (Lipinski definition) is 0. The molecule has 0 bridgehead atoms. The lowest BCUT2D eigenvalue weighted by molar-refractivity contribution is 0.602. The third kappa shape index (κ3) is 3.77. The Labute approximate surface area is 177 Å². The first-order chi connectivity index (χ1) is 14.6. The zero-order valence-corrected chi connectivity index (χ0v) is 17.6. The van der Waals surface area contributed by atoms with Crippen LogP contribution in [0.25, 0.3) is 22.2 Å². The Balaban J connectivity index is 1.92. The second-order valence-electron chi connectivity index (χ2n) is 7.41. The van der Waals surface area contributed by atoms with Gasteiger partial charge in [-0.3, -0.25) is 0 Å². The van der Waals surface area contributed by atoms with E-state index in [9.17, 15) is 0 Å². The van der Waals surface area contributed by atoms with Gasteiger partial charge < -0.3 is 4.42 Å². The van der Waals surface area contributed by atoms with Crippen LogP contribution in [0, 0.1) is 6.92 Å². The highest BCUT2D eigenvalue weighted by molar-refractivity contribution is 6.15. The van der Waals surface area contributed by atoms with E-state index in [1.54, 1.807) is 0 Å². The van der Waals surface area contributed by atoms with Crippen LogP contribution in [-0.4, -0.2) is 5.71 Å². The van der Waals surface area contributed by atoms with Crippen LogP contribution >= 0.6 is 0 Å². The molecule has 4 aromatic rings. The van der Waals surface area contributed by atoms with Crippen molar-refractivity contribution >= 4 is 28.0 Å². The average Bonchev–Trinajstić information content (AvgIpc) is 3.12. The molecule has 4 rings (SSSR count). The molecule has 0 fully saturated rings.